The lowest BCUT2D eigenvalue weighted by Crippen LogP contribution is -1.99. The minimum Gasteiger partial charge on any atom is -0.490 e. The average Bonchev–Trinajstić information content (AvgIpc) is 2.60. The molecule has 0 aliphatic carbocycles. The largest absolute Gasteiger partial charge is 0.490 e. The standard InChI is InChI=1S/C20H16ClNO2/c1-3-11-24-19-10-9-15(13-20(19)23-4-2)12-16(14-22)17-7-5-6-8-18(17)21/h1,5-10,12-13H,4,11H2,2H3. The zero-order chi connectivity index (χ0) is 17.4. The van der Waals surface area contributed by atoms with E-state index >= 15 is 0 Å². The Bertz CT molecular complexity index is 828. The molecule has 0 amide bonds. The maximum Gasteiger partial charge on any atom is 0.162 e. The van der Waals surface area contributed by atoms with Crippen molar-refractivity contribution < 1.29 is 9.47 Å². The van der Waals surface area contributed by atoms with E-state index in [1.54, 1.807) is 18.2 Å². The molecule has 0 saturated carbocycles. The number of terminal acetylenes is 1. The topological polar surface area (TPSA) is 42.2 Å². The second kappa shape index (κ2) is 8.67. The molecule has 0 N–H and O–H groups in total. The van der Waals surface area contributed by atoms with E-state index < -0.39 is 0 Å². The van der Waals surface area contributed by atoms with Crippen LogP contribution in [0.2, 0.25) is 5.02 Å². The Morgan fingerprint density at radius 1 is 1.21 bits per heavy atom. The van der Waals surface area contributed by atoms with Crippen LogP contribution in [0.5, 0.6) is 11.5 Å². The lowest BCUT2D eigenvalue weighted by molar-refractivity contribution is 0.299. The minimum absolute atomic E-state index is 0.165. The summed E-state index contributed by atoms with van der Waals surface area (Å²) in [5.41, 5.74) is 1.97. The Labute approximate surface area is 147 Å². The van der Waals surface area contributed by atoms with Crippen LogP contribution >= 0.6 is 11.6 Å². The molecule has 0 fully saturated rings. The first kappa shape index (κ1) is 17.5. The third-order valence-corrected chi connectivity index (χ3v) is 3.50. The Morgan fingerprint density at radius 3 is 2.67 bits per heavy atom. The van der Waals surface area contributed by atoms with E-state index in [4.69, 9.17) is 27.5 Å². The highest BCUT2D eigenvalue weighted by Gasteiger charge is 2.08. The summed E-state index contributed by atoms with van der Waals surface area (Å²) in [5.74, 6) is 3.58. The van der Waals surface area contributed by atoms with Crippen LogP contribution in [0.1, 0.15) is 18.1 Å². The first-order valence-electron chi connectivity index (χ1n) is 7.39. The van der Waals surface area contributed by atoms with Gasteiger partial charge in [-0.25, -0.2) is 0 Å². The third kappa shape index (κ3) is 4.32. The van der Waals surface area contributed by atoms with Crippen LogP contribution in [0.15, 0.2) is 42.5 Å². The molecule has 0 radical (unpaired) electrons. The van der Waals surface area contributed by atoms with E-state index in [-0.39, 0.29) is 6.61 Å². The number of hydrogen-bond acceptors (Lipinski definition) is 3. The van der Waals surface area contributed by atoms with E-state index in [1.165, 1.54) is 0 Å². The number of nitrogens with zero attached hydrogens (tertiary/aromatic N) is 1. The predicted molar refractivity (Wildman–Crippen MR) is 96.9 cm³/mol. The zero-order valence-corrected chi connectivity index (χ0v) is 14.0. The number of allylic oxidation sites excluding steroid dienone is 1. The van der Waals surface area contributed by atoms with Gasteiger partial charge in [-0.1, -0.05) is 41.8 Å². The number of nitriles is 1. The Hall–Kier alpha value is -2.88. The minimum atomic E-state index is 0.165. The highest BCUT2D eigenvalue weighted by atomic mass is 35.5. The van der Waals surface area contributed by atoms with Crippen LogP contribution in [0.25, 0.3) is 11.6 Å². The maximum absolute atomic E-state index is 9.45. The summed E-state index contributed by atoms with van der Waals surface area (Å²) < 4.78 is 11.0. The summed E-state index contributed by atoms with van der Waals surface area (Å²) in [4.78, 5) is 0. The fraction of sp³-hybridized carbons (Fsp3) is 0.150. The highest BCUT2D eigenvalue weighted by Crippen LogP contribution is 2.31. The predicted octanol–water partition coefficient (Wildman–Crippen LogP) is 4.81. The second-order valence-electron chi connectivity index (χ2n) is 4.78. The van der Waals surface area contributed by atoms with Gasteiger partial charge < -0.3 is 9.47 Å². The lowest BCUT2D eigenvalue weighted by Gasteiger charge is -2.11. The molecule has 0 bridgehead atoms. The molecular formula is C20H16ClNO2. The first-order chi connectivity index (χ1) is 11.7. The summed E-state index contributed by atoms with van der Waals surface area (Å²) in [6.45, 7) is 2.55. The van der Waals surface area contributed by atoms with Crippen LogP contribution < -0.4 is 9.47 Å². The molecule has 4 heteroatoms. The summed E-state index contributed by atoms with van der Waals surface area (Å²) in [6, 6.07) is 14.8. The summed E-state index contributed by atoms with van der Waals surface area (Å²) in [7, 11) is 0. The normalized spacial score (nSPS) is 10.6. The molecule has 0 spiro atoms. The molecule has 0 saturated heterocycles. The molecular weight excluding hydrogens is 322 g/mol. The molecule has 0 aliphatic heterocycles. The van der Waals surface area contributed by atoms with Crippen LogP contribution in [-0.4, -0.2) is 13.2 Å². The van der Waals surface area contributed by atoms with Gasteiger partial charge in [-0.15, -0.1) is 6.42 Å². The number of benzene rings is 2. The first-order valence-corrected chi connectivity index (χ1v) is 7.77. The van der Waals surface area contributed by atoms with Crippen LogP contribution in [-0.2, 0) is 0 Å². The van der Waals surface area contributed by atoms with Crippen molar-refractivity contribution in [2.24, 2.45) is 0 Å². The molecule has 0 heterocycles. The van der Waals surface area contributed by atoms with E-state index in [0.29, 0.717) is 34.3 Å². The monoisotopic (exact) mass is 337 g/mol. The third-order valence-electron chi connectivity index (χ3n) is 3.17. The van der Waals surface area contributed by atoms with Gasteiger partial charge in [0, 0.05) is 10.6 Å². The van der Waals surface area contributed by atoms with Gasteiger partial charge in [0.1, 0.15) is 6.61 Å². The summed E-state index contributed by atoms with van der Waals surface area (Å²) in [5, 5.41) is 9.99. The van der Waals surface area contributed by atoms with Crippen molar-refractivity contribution in [3.63, 3.8) is 0 Å². The van der Waals surface area contributed by atoms with E-state index in [9.17, 15) is 5.26 Å². The fourth-order valence-corrected chi connectivity index (χ4v) is 2.38. The molecule has 0 aromatic heterocycles. The van der Waals surface area contributed by atoms with E-state index in [2.05, 4.69) is 12.0 Å². The van der Waals surface area contributed by atoms with Crippen molar-refractivity contribution in [3.05, 3.63) is 58.6 Å². The van der Waals surface area contributed by atoms with E-state index in [1.807, 2.05) is 37.3 Å². The molecule has 0 aliphatic rings. The van der Waals surface area contributed by atoms with Gasteiger partial charge in [-0.05, 0) is 36.8 Å². The van der Waals surface area contributed by atoms with E-state index in [0.717, 1.165) is 5.56 Å². The van der Waals surface area contributed by atoms with Gasteiger partial charge in [-0.2, -0.15) is 5.26 Å². The number of hydrogen-bond donors (Lipinski definition) is 0. The maximum atomic E-state index is 9.45. The molecule has 24 heavy (non-hydrogen) atoms. The van der Waals surface area contributed by atoms with Gasteiger partial charge in [-0.3, -0.25) is 0 Å². The van der Waals surface area contributed by atoms with Crippen molar-refractivity contribution in [1.82, 2.24) is 0 Å². The highest BCUT2D eigenvalue weighted by molar-refractivity contribution is 6.32. The molecule has 2 rings (SSSR count). The van der Waals surface area contributed by atoms with Gasteiger partial charge in [0.15, 0.2) is 11.5 Å². The van der Waals surface area contributed by atoms with Crippen LogP contribution in [0, 0.1) is 23.7 Å². The smallest absolute Gasteiger partial charge is 0.162 e. The van der Waals surface area contributed by atoms with Crippen LogP contribution in [0.3, 0.4) is 0 Å². The second-order valence-corrected chi connectivity index (χ2v) is 5.19. The van der Waals surface area contributed by atoms with Gasteiger partial charge >= 0.3 is 0 Å². The number of ether oxygens (including phenoxy) is 2. The molecule has 3 nitrogen and oxygen atoms in total. The number of rotatable bonds is 6. The van der Waals surface area contributed by atoms with Crippen molar-refractivity contribution in [1.29, 1.82) is 5.26 Å². The zero-order valence-electron chi connectivity index (χ0n) is 13.3. The Balaban J connectivity index is 2.41. The summed E-state index contributed by atoms with van der Waals surface area (Å²) >= 11 is 6.17. The molecule has 2 aromatic rings. The molecule has 2 aromatic carbocycles. The Morgan fingerprint density at radius 2 is 2.00 bits per heavy atom. The van der Waals surface area contributed by atoms with Gasteiger partial charge in [0.05, 0.1) is 18.2 Å². The number of halogens is 1. The SMILES string of the molecule is C#CCOc1ccc(C=C(C#N)c2ccccc2Cl)cc1OCC. The van der Waals surface area contributed by atoms with Crippen molar-refractivity contribution in [2.75, 3.05) is 13.2 Å². The van der Waals surface area contributed by atoms with Crippen LogP contribution in [0.4, 0.5) is 0 Å². The molecule has 0 atom stereocenters. The molecule has 120 valence electrons. The fourth-order valence-electron chi connectivity index (χ4n) is 2.14. The van der Waals surface area contributed by atoms with Crippen molar-refractivity contribution in [2.45, 2.75) is 6.92 Å². The average molecular weight is 338 g/mol. The van der Waals surface area contributed by atoms with Crippen molar-refractivity contribution in [3.8, 4) is 29.9 Å². The summed E-state index contributed by atoms with van der Waals surface area (Å²) in [6.07, 6.45) is 6.98. The van der Waals surface area contributed by atoms with Gasteiger partial charge in [0.25, 0.3) is 0 Å². The molecule has 0 unspecified atom stereocenters. The lowest BCUT2D eigenvalue weighted by atomic mass is 10.0. The quantitative estimate of drug-likeness (QED) is 0.431. The van der Waals surface area contributed by atoms with Crippen molar-refractivity contribution >= 4 is 23.3 Å². The van der Waals surface area contributed by atoms with Gasteiger partial charge in [0.2, 0.25) is 0 Å². The Kier molecular flexibility index (Phi) is 6.32.